The van der Waals surface area contributed by atoms with E-state index in [0.29, 0.717) is 30.8 Å². The van der Waals surface area contributed by atoms with Crippen LogP contribution in [0.1, 0.15) is 16.7 Å². The van der Waals surface area contributed by atoms with E-state index in [9.17, 15) is 9.18 Å². The molecule has 4 rings (SSSR count). The number of piperidine rings is 1. The summed E-state index contributed by atoms with van der Waals surface area (Å²) in [5, 5.41) is 0. The molecule has 3 aromatic carbocycles. The zero-order valence-electron chi connectivity index (χ0n) is 18.8. The van der Waals surface area contributed by atoms with E-state index >= 15 is 0 Å². The van der Waals surface area contributed by atoms with Crippen LogP contribution in [0.3, 0.4) is 0 Å². The van der Waals surface area contributed by atoms with Gasteiger partial charge in [0, 0.05) is 30.8 Å². The summed E-state index contributed by atoms with van der Waals surface area (Å²) in [6.07, 6.45) is 3.86. The van der Waals surface area contributed by atoms with Gasteiger partial charge in [0.05, 0.1) is 14.2 Å². The van der Waals surface area contributed by atoms with Crippen molar-refractivity contribution in [1.82, 2.24) is 4.90 Å². The molecule has 0 amide bonds. The lowest BCUT2D eigenvalue weighted by Gasteiger charge is -2.30. The van der Waals surface area contributed by atoms with Crippen molar-refractivity contribution < 1.29 is 18.7 Å². The SMILES string of the molecule is COc1ccc(/C=C2\CN(Cc3ccc(F)cc3)C/C(=C\c3ccc(OC)cc3)C2=O)cc1. The van der Waals surface area contributed by atoms with Crippen LogP contribution >= 0.6 is 0 Å². The first-order valence-corrected chi connectivity index (χ1v) is 10.7. The Balaban J connectivity index is 1.65. The monoisotopic (exact) mass is 443 g/mol. The lowest BCUT2D eigenvalue weighted by Crippen LogP contribution is -2.37. The predicted octanol–water partition coefficient (Wildman–Crippen LogP) is 5.39. The van der Waals surface area contributed by atoms with Gasteiger partial charge in [-0.05, 0) is 65.2 Å². The first-order valence-electron chi connectivity index (χ1n) is 10.7. The summed E-state index contributed by atoms with van der Waals surface area (Å²) in [7, 11) is 3.25. The van der Waals surface area contributed by atoms with Crippen LogP contribution in [0.15, 0.2) is 83.9 Å². The third kappa shape index (κ3) is 5.76. The maximum atomic E-state index is 13.4. The highest BCUT2D eigenvalue weighted by Gasteiger charge is 2.26. The molecule has 0 aromatic heterocycles. The molecule has 4 nitrogen and oxygen atoms in total. The third-order valence-electron chi connectivity index (χ3n) is 5.60. The number of nitrogens with zero attached hydrogens (tertiary/aromatic N) is 1. The van der Waals surface area contributed by atoms with Crippen molar-refractivity contribution in [2.24, 2.45) is 0 Å². The summed E-state index contributed by atoms with van der Waals surface area (Å²) in [5.41, 5.74) is 4.30. The second-order valence-corrected chi connectivity index (χ2v) is 7.99. The average molecular weight is 444 g/mol. The number of Topliss-reactive ketones (excluding diaryl/α,β-unsaturated/α-hetero) is 1. The lowest BCUT2D eigenvalue weighted by atomic mass is 9.94. The molecule has 168 valence electrons. The van der Waals surface area contributed by atoms with Crippen LogP contribution in [0.25, 0.3) is 12.2 Å². The number of rotatable bonds is 6. The second kappa shape index (κ2) is 10.3. The third-order valence-corrected chi connectivity index (χ3v) is 5.60. The number of methoxy groups -OCH3 is 2. The summed E-state index contributed by atoms with van der Waals surface area (Å²) in [6, 6.07) is 21.8. The fourth-order valence-corrected chi connectivity index (χ4v) is 3.87. The summed E-state index contributed by atoms with van der Waals surface area (Å²) in [4.78, 5) is 15.6. The highest BCUT2D eigenvalue weighted by molar-refractivity contribution is 6.14. The number of carbonyl (C=O) groups excluding carboxylic acids is 1. The Hall–Kier alpha value is -3.70. The fourth-order valence-electron chi connectivity index (χ4n) is 3.87. The van der Waals surface area contributed by atoms with Crippen molar-refractivity contribution >= 4 is 17.9 Å². The molecule has 1 aliphatic heterocycles. The van der Waals surface area contributed by atoms with Crippen molar-refractivity contribution in [3.8, 4) is 11.5 Å². The van der Waals surface area contributed by atoms with Gasteiger partial charge in [-0.2, -0.15) is 0 Å². The van der Waals surface area contributed by atoms with Crippen molar-refractivity contribution in [3.05, 3.63) is 106 Å². The highest BCUT2D eigenvalue weighted by Crippen LogP contribution is 2.25. The molecule has 0 radical (unpaired) electrons. The maximum Gasteiger partial charge on any atom is 0.187 e. The minimum atomic E-state index is -0.257. The number of hydrogen-bond acceptors (Lipinski definition) is 4. The predicted molar refractivity (Wildman–Crippen MR) is 129 cm³/mol. The molecule has 0 atom stereocenters. The van der Waals surface area contributed by atoms with E-state index in [2.05, 4.69) is 4.90 Å². The van der Waals surface area contributed by atoms with Gasteiger partial charge in [0.2, 0.25) is 0 Å². The Bertz CT molecular complexity index is 1090. The Labute approximate surface area is 193 Å². The molecule has 0 saturated carbocycles. The normalized spacial score (nSPS) is 16.9. The second-order valence-electron chi connectivity index (χ2n) is 7.99. The molecule has 1 saturated heterocycles. The van der Waals surface area contributed by atoms with Crippen LogP contribution in [-0.4, -0.2) is 38.0 Å². The van der Waals surface area contributed by atoms with Gasteiger partial charge in [-0.15, -0.1) is 0 Å². The number of halogens is 1. The summed E-state index contributed by atoms with van der Waals surface area (Å²) in [5.74, 6) is 1.32. The van der Waals surface area contributed by atoms with E-state index in [4.69, 9.17) is 9.47 Å². The Morgan fingerprint density at radius 1 is 0.758 bits per heavy atom. The first kappa shape index (κ1) is 22.5. The number of ketones is 1. The van der Waals surface area contributed by atoms with Crippen molar-refractivity contribution in [2.75, 3.05) is 27.3 Å². The molecule has 5 heteroatoms. The van der Waals surface area contributed by atoms with Crippen LogP contribution in [0, 0.1) is 5.82 Å². The molecule has 1 fully saturated rings. The van der Waals surface area contributed by atoms with Crippen LogP contribution in [0.5, 0.6) is 11.5 Å². The summed E-state index contributed by atoms with van der Waals surface area (Å²) >= 11 is 0. The minimum Gasteiger partial charge on any atom is -0.497 e. The lowest BCUT2D eigenvalue weighted by molar-refractivity contribution is -0.113. The van der Waals surface area contributed by atoms with E-state index in [0.717, 1.165) is 28.2 Å². The molecular formula is C28H26FNO3. The van der Waals surface area contributed by atoms with E-state index in [1.165, 1.54) is 12.1 Å². The van der Waals surface area contributed by atoms with Crippen LogP contribution in [0.2, 0.25) is 0 Å². The molecule has 33 heavy (non-hydrogen) atoms. The van der Waals surface area contributed by atoms with Crippen molar-refractivity contribution in [2.45, 2.75) is 6.54 Å². The van der Waals surface area contributed by atoms with Gasteiger partial charge in [-0.1, -0.05) is 36.4 Å². The van der Waals surface area contributed by atoms with Gasteiger partial charge in [0.1, 0.15) is 17.3 Å². The van der Waals surface area contributed by atoms with Gasteiger partial charge in [0.15, 0.2) is 5.78 Å². The average Bonchev–Trinajstić information content (AvgIpc) is 2.84. The van der Waals surface area contributed by atoms with Gasteiger partial charge < -0.3 is 9.47 Å². The van der Waals surface area contributed by atoms with Gasteiger partial charge in [-0.3, -0.25) is 9.69 Å². The van der Waals surface area contributed by atoms with Gasteiger partial charge in [0.25, 0.3) is 0 Å². The van der Waals surface area contributed by atoms with E-state index in [-0.39, 0.29) is 11.6 Å². The first-order chi connectivity index (χ1) is 16.0. The van der Waals surface area contributed by atoms with E-state index < -0.39 is 0 Å². The molecular weight excluding hydrogens is 417 g/mol. The van der Waals surface area contributed by atoms with Crippen molar-refractivity contribution in [1.29, 1.82) is 0 Å². The van der Waals surface area contributed by atoms with Crippen molar-refractivity contribution in [3.63, 3.8) is 0 Å². The number of hydrogen-bond donors (Lipinski definition) is 0. The molecule has 0 bridgehead atoms. The van der Waals surface area contributed by atoms with Gasteiger partial charge >= 0.3 is 0 Å². The number of benzene rings is 3. The maximum absolute atomic E-state index is 13.4. The molecule has 0 spiro atoms. The van der Waals surface area contributed by atoms with Crippen LogP contribution < -0.4 is 9.47 Å². The number of ether oxygens (including phenoxy) is 2. The van der Waals surface area contributed by atoms with E-state index in [1.54, 1.807) is 26.4 Å². The largest absolute Gasteiger partial charge is 0.497 e. The highest BCUT2D eigenvalue weighted by atomic mass is 19.1. The molecule has 0 N–H and O–H groups in total. The Morgan fingerprint density at radius 2 is 1.21 bits per heavy atom. The summed E-state index contributed by atoms with van der Waals surface area (Å²) < 4.78 is 23.8. The molecule has 0 aliphatic carbocycles. The topological polar surface area (TPSA) is 38.8 Å². The zero-order valence-corrected chi connectivity index (χ0v) is 18.8. The standard InChI is InChI=1S/C28H26FNO3/c1-32-26-11-5-20(6-12-26)15-23-18-30(17-22-3-9-25(29)10-4-22)19-24(28(23)31)16-21-7-13-27(33-2)14-8-21/h3-16H,17-19H2,1-2H3/b23-15+,24-16+. The number of likely N-dealkylation sites (tertiary alicyclic amines) is 1. The molecule has 1 aliphatic rings. The summed E-state index contributed by atoms with van der Waals surface area (Å²) in [6.45, 7) is 1.65. The molecule has 0 unspecified atom stereocenters. The van der Waals surface area contributed by atoms with Crippen LogP contribution in [0.4, 0.5) is 4.39 Å². The molecule has 3 aromatic rings. The minimum absolute atomic E-state index is 0.0389. The molecule has 1 heterocycles. The fraction of sp³-hybridized carbons (Fsp3) is 0.179. The van der Waals surface area contributed by atoms with Gasteiger partial charge in [-0.25, -0.2) is 4.39 Å². The van der Waals surface area contributed by atoms with E-state index in [1.807, 2.05) is 60.7 Å². The number of carbonyl (C=O) groups is 1. The zero-order chi connectivity index (χ0) is 23.2. The smallest absolute Gasteiger partial charge is 0.187 e. The Morgan fingerprint density at radius 3 is 1.64 bits per heavy atom. The quantitative estimate of drug-likeness (QED) is 0.479. The van der Waals surface area contributed by atoms with Crippen LogP contribution in [-0.2, 0) is 11.3 Å². The Kier molecular flexibility index (Phi) is 7.01.